The van der Waals surface area contributed by atoms with Crippen LogP contribution in [-0.4, -0.2) is 10.7 Å². The molecule has 0 amide bonds. The molecule has 25 heavy (non-hydrogen) atoms. The summed E-state index contributed by atoms with van der Waals surface area (Å²) in [4.78, 5) is 5.87. The summed E-state index contributed by atoms with van der Waals surface area (Å²) in [6, 6.07) is 16.4. The fraction of sp³-hybridized carbons (Fsp3) is 0.158. The number of nitrogens with one attached hydrogen (secondary N) is 1. The Morgan fingerprint density at radius 2 is 1.88 bits per heavy atom. The third kappa shape index (κ3) is 4.57. The molecule has 0 fully saturated rings. The highest BCUT2D eigenvalue weighted by Crippen LogP contribution is 2.31. The Balaban J connectivity index is 1.83. The normalized spacial score (nSPS) is 11.6. The highest BCUT2D eigenvalue weighted by molar-refractivity contribution is 9.10. The van der Waals surface area contributed by atoms with Gasteiger partial charge in [0.05, 0.1) is 11.4 Å². The summed E-state index contributed by atoms with van der Waals surface area (Å²) in [6.45, 7) is 4.18. The van der Waals surface area contributed by atoms with Crippen LogP contribution in [0.5, 0.6) is 0 Å². The molecule has 0 saturated heterocycles. The van der Waals surface area contributed by atoms with E-state index in [0.29, 0.717) is 0 Å². The molecule has 3 rings (SSSR count). The van der Waals surface area contributed by atoms with Gasteiger partial charge in [-0.2, -0.15) is 5.10 Å². The van der Waals surface area contributed by atoms with E-state index in [2.05, 4.69) is 80.5 Å². The summed E-state index contributed by atoms with van der Waals surface area (Å²) in [5, 5.41) is 5.37. The van der Waals surface area contributed by atoms with Gasteiger partial charge in [0.15, 0.2) is 0 Å². The Labute approximate surface area is 168 Å². The first kappa shape index (κ1) is 18.3. The maximum Gasteiger partial charge on any atom is 0.204 e. The number of rotatable bonds is 5. The molecule has 0 spiro atoms. The largest absolute Gasteiger partial charge is 0.252 e. The maximum absolute atomic E-state index is 4.70. The van der Waals surface area contributed by atoms with E-state index in [-0.39, 0.29) is 0 Å². The number of aryl methyl sites for hydroxylation is 1. The number of nitrogens with zero attached hydrogens (tertiary/aromatic N) is 2. The van der Waals surface area contributed by atoms with Crippen molar-refractivity contribution < 1.29 is 0 Å². The van der Waals surface area contributed by atoms with E-state index in [0.717, 1.165) is 43.0 Å². The Hall–Kier alpha value is -1.50. The van der Waals surface area contributed by atoms with Gasteiger partial charge in [-0.3, -0.25) is 5.43 Å². The third-order valence-electron chi connectivity index (χ3n) is 3.69. The average Bonchev–Trinajstić information content (AvgIpc) is 2.97. The fourth-order valence-electron chi connectivity index (χ4n) is 2.45. The van der Waals surface area contributed by atoms with Crippen molar-refractivity contribution in [2.24, 2.45) is 5.10 Å². The van der Waals surface area contributed by atoms with E-state index in [1.165, 1.54) is 4.88 Å². The Morgan fingerprint density at radius 1 is 1.12 bits per heavy atom. The van der Waals surface area contributed by atoms with Crippen LogP contribution in [0.25, 0.3) is 11.3 Å². The zero-order valence-corrected chi connectivity index (χ0v) is 17.9. The highest BCUT2D eigenvalue weighted by atomic mass is 79.9. The first-order valence-electron chi connectivity index (χ1n) is 7.88. The molecule has 1 N–H and O–H groups in total. The first-order chi connectivity index (χ1) is 12.1. The van der Waals surface area contributed by atoms with Crippen LogP contribution in [0.1, 0.15) is 23.8 Å². The molecule has 3 aromatic rings. The summed E-state index contributed by atoms with van der Waals surface area (Å²) < 4.78 is 2.11. The molecule has 0 aliphatic carbocycles. The molecular weight excluding hydrogens is 462 g/mol. The van der Waals surface area contributed by atoms with Crippen molar-refractivity contribution in [1.29, 1.82) is 0 Å². The van der Waals surface area contributed by atoms with Crippen molar-refractivity contribution in [1.82, 2.24) is 4.98 Å². The number of thiazole rings is 1. The summed E-state index contributed by atoms with van der Waals surface area (Å²) in [6.07, 6.45) is 0.841. The van der Waals surface area contributed by atoms with Crippen molar-refractivity contribution in [2.75, 3.05) is 5.43 Å². The van der Waals surface area contributed by atoms with Crippen LogP contribution in [0.4, 0.5) is 5.13 Å². The van der Waals surface area contributed by atoms with Crippen LogP contribution >= 0.6 is 43.2 Å². The van der Waals surface area contributed by atoms with Crippen LogP contribution in [-0.2, 0) is 0 Å². The number of halogens is 2. The van der Waals surface area contributed by atoms with E-state index in [9.17, 15) is 0 Å². The first-order valence-corrected chi connectivity index (χ1v) is 10.3. The Bertz CT molecular complexity index is 901. The molecule has 3 nitrogen and oxygen atoms in total. The third-order valence-corrected chi connectivity index (χ3v) is 5.59. The van der Waals surface area contributed by atoms with E-state index in [4.69, 9.17) is 4.98 Å². The van der Waals surface area contributed by atoms with Crippen LogP contribution in [0.2, 0.25) is 0 Å². The standard InChI is InChI=1S/C19H17Br2N3S/c1-3-17(14-5-4-6-16(21)11-14)23-24-19-22-18(12(2)25-19)13-7-9-15(20)10-8-13/h4-11H,3H2,1-2H3,(H,22,24)/b23-17+. The van der Waals surface area contributed by atoms with Crippen LogP contribution in [0, 0.1) is 6.92 Å². The molecule has 6 heteroatoms. The van der Waals surface area contributed by atoms with Gasteiger partial charge in [0.2, 0.25) is 5.13 Å². The highest BCUT2D eigenvalue weighted by Gasteiger charge is 2.10. The lowest BCUT2D eigenvalue weighted by molar-refractivity contribution is 1.20. The lowest BCUT2D eigenvalue weighted by Crippen LogP contribution is -2.03. The average molecular weight is 479 g/mol. The predicted molar refractivity (Wildman–Crippen MR) is 115 cm³/mol. The van der Waals surface area contributed by atoms with Gasteiger partial charge >= 0.3 is 0 Å². The van der Waals surface area contributed by atoms with E-state index in [1.54, 1.807) is 11.3 Å². The minimum atomic E-state index is 0.802. The second-order valence-electron chi connectivity index (χ2n) is 5.46. The molecule has 0 aliphatic rings. The molecule has 2 aromatic carbocycles. The molecule has 0 radical (unpaired) electrons. The number of hydrogen-bond acceptors (Lipinski definition) is 4. The van der Waals surface area contributed by atoms with Crippen molar-refractivity contribution in [3.05, 3.63) is 67.9 Å². The molecule has 0 saturated carbocycles. The summed E-state index contributed by atoms with van der Waals surface area (Å²) in [5.74, 6) is 0. The fourth-order valence-corrected chi connectivity index (χ4v) is 3.89. The van der Waals surface area contributed by atoms with Crippen LogP contribution in [0.15, 0.2) is 62.6 Å². The molecule has 1 aromatic heterocycles. The molecule has 128 valence electrons. The second-order valence-corrected chi connectivity index (χ2v) is 8.50. The maximum atomic E-state index is 4.70. The van der Waals surface area contributed by atoms with Crippen molar-refractivity contribution >= 4 is 54.0 Å². The summed E-state index contributed by atoms with van der Waals surface area (Å²) >= 11 is 8.59. The summed E-state index contributed by atoms with van der Waals surface area (Å²) in [7, 11) is 0. The molecule has 0 aliphatic heterocycles. The quantitative estimate of drug-likeness (QED) is 0.321. The van der Waals surface area contributed by atoms with Crippen LogP contribution < -0.4 is 5.43 Å². The van der Waals surface area contributed by atoms with Gasteiger partial charge in [-0.1, -0.05) is 63.0 Å². The molecule has 0 atom stereocenters. The van der Waals surface area contributed by atoms with Gasteiger partial charge in [-0.15, -0.1) is 11.3 Å². The predicted octanol–water partition coefficient (Wildman–Crippen LogP) is 6.87. The molecule has 0 bridgehead atoms. The van der Waals surface area contributed by atoms with Gasteiger partial charge in [-0.05, 0) is 43.2 Å². The smallest absolute Gasteiger partial charge is 0.204 e. The van der Waals surface area contributed by atoms with Crippen LogP contribution in [0.3, 0.4) is 0 Å². The van der Waals surface area contributed by atoms with E-state index < -0.39 is 0 Å². The van der Waals surface area contributed by atoms with Crippen molar-refractivity contribution in [3.63, 3.8) is 0 Å². The minimum Gasteiger partial charge on any atom is -0.252 e. The Kier molecular flexibility index (Phi) is 6.04. The molecule has 0 unspecified atom stereocenters. The molecule has 1 heterocycles. The zero-order chi connectivity index (χ0) is 17.8. The number of hydrogen-bond donors (Lipinski definition) is 1. The lowest BCUT2D eigenvalue weighted by atomic mass is 10.1. The van der Waals surface area contributed by atoms with Gasteiger partial charge in [-0.25, -0.2) is 4.98 Å². The van der Waals surface area contributed by atoms with Gasteiger partial charge in [0.25, 0.3) is 0 Å². The monoisotopic (exact) mass is 477 g/mol. The van der Waals surface area contributed by atoms with Gasteiger partial charge in [0, 0.05) is 19.4 Å². The lowest BCUT2D eigenvalue weighted by Gasteiger charge is -2.04. The van der Waals surface area contributed by atoms with Gasteiger partial charge in [0.1, 0.15) is 0 Å². The summed E-state index contributed by atoms with van der Waals surface area (Å²) in [5.41, 5.74) is 7.33. The van der Waals surface area contributed by atoms with Crippen molar-refractivity contribution in [2.45, 2.75) is 20.3 Å². The second kappa shape index (κ2) is 8.25. The number of anilines is 1. The topological polar surface area (TPSA) is 37.3 Å². The van der Waals surface area contributed by atoms with Gasteiger partial charge < -0.3 is 0 Å². The van der Waals surface area contributed by atoms with E-state index in [1.807, 2.05) is 24.3 Å². The minimum absolute atomic E-state index is 0.802. The molecular formula is C19H17Br2N3S. The zero-order valence-electron chi connectivity index (χ0n) is 13.9. The number of benzene rings is 2. The van der Waals surface area contributed by atoms with E-state index >= 15 is 0 Å². The number of hydrazone groups is 1. The van der Waals surface area contributed by atoms with Crippen molar-refractivity contribution in [3.8, 4) is 11.3 Å². The SMILES string of the molecule is CC/C(=N\Nc1nc(-c2ccc(Br)cc2)c(C)s1)c1cccc(Br)c1. The number of aromatic nitrogens is 1. The Morgan fingerprint density at radius 3 is 2.56 bits per heavy atom.